The predicted molar refractivity (Wildman–Crippen MR) is 70.7 cm³/mol. The SMILES string of the molecule is O=C(O)NC1(c2ncc(-c3ccc(F)cc3)[nH]2)CCC1. The lowest BCUT2D eigenvalue weighted by molar-refractivity contribution is 0.139. The minimum Gasteiger partial charge on any atom is -0.465 e. The zero-order valence-corrected chi connectivity index (χ0v) is 10.7. The summed E-state index contributed by atoms with van der Waals surface area (Å²) in [6.45, 7) is 0. The molecule has 20 heavy (non-hydrogen) atoms. The smallest absolute Gasteiger partial charge is 0.405 e. The van der Waals surface area contributed by atoms with E-state index in [1.165, 1.54) is 12.1 Å². The standard InChI is InChI=1S/C14H14FN3O2/c15-10-4-2-9(3-5-10)11-8-16-12(17-11)14(6-1-7-14)18-13(19)20/h2-5,8,18H,1,6-7H2,(H,16,17)(H,19,20). The third-order valence-electron chi connectivity index (χ3n) is 3.74. The summed E-state index contributed by atoms with van der Waals surface area (Å²) >= 11 is 0. The van der Waals surface area contributed by atoms with Gasteiger partial charge in [-0.3, -0.25) is 0 Å². The number of rotatable bonds is 3. The molecule has 1 heterocycles. The summed E-state index contributed by atoms with van der Waals surface area (Å²) in [6, 6.07) is 6.07. The number of hydrogen-bond acceptors (Lipinski definition) is 2. The molecule has 0 aliphatic heterocycles. The molecule has 1 amide bonds. The maximum absolute atomic E-state index is 12.9. The Balaban J connectivity index is 1.89. The van der Waals surface area contributed by atoms with Crippen molar-refractivity contribution in [3.63, 3.8) is 0 Å². The molecular formula is C14H14FN3O2. The lowest BCUT2D eigenvalue weighted by atomic mass is 9.76. The van der Waals surface area contributed by atoms with E-state index in [9.17, 15) is 9.18 Å². The second-order valence-electron chi connectivity index (χ2n) is 5.02. The molecule has 104 valence electrons. The van der Waals surface area contributed by atoms with E-state index in [1.807, 2.05) is 0 Å². The molecule has 1 fully saturated rings. The Morgan fingerprint density at radius 3 is 2.60 bits per heavy atom. The van der Waals surface area contributed by atoms with Gasteiger partial charge in [-0.2, -0.15) is 0 Å². The molecule has 1 aromatic carbocycles. The number of amides is 1. The number of aromatic amines is 1. The van der Waals surface area contributed by atoms with Gasteiger partial charge in [0, 0.05) is 0 Å². The third kappa shape index (κ3) is 2.13. The number of benzene rings is 1. The minimum atomic E-state index is -1.05. The molecule has 0 saturated heterocycles. The molecule has 0 atom stereocenters. The predicted octanol–water partition coefficient (Wildman–Crippen LogP) is 2.86. The van der Waals surface area contributed by atoms with Crippen LogP contribution in [0.1, 0.15) is 25.1 Å². The van der Waals surface area contributed by atoms with Crippen LogP contribution in [-0.2, 0) is 5.54 Å². The summed E-state index contributed by atoms with van der Waals surface area (Å²) in [5, 5.41) is 11.5. The molecule has 1 aliphatic carbocycles. The van der Waals surface area contributed by atoms with Crippen LogP contribution in [0.4, 0.5) is 9.18 Å². The molecule has 3 N–H and O–H groups in total. The van der Waals surface area contributed by atoms with E-state index < -0.39 is 11.6 Å². The average molecular weight is 275 g/mol. The van der Waals surface area contributed by atoms with Gasteiger partial charge in [0.1, 0.15) is 17.2 Å². The summed E-state index contributed by atoms with van der Waals surface area (Å²) in [4.78, 5) is 18.3. The number of carbonyl (C=O) groups is 1. The van der Waals surface area contributed by atoms with Crippen molar-refractivity contribution in [2.45, 2.75) is 24.8 Å². The van der Waals surface area contributed by atoms with Gasteiger partial charge in [0.2, 0.25) is 0 Å². The van der Waals surface area contributed by atoms with Gasteiger partial charge < -0.3 is 15.4 Å². The van der Waals surface area contributed by atoms with Gasteiger partial charge >= 0.3 is 6.09 Å². The van der Waals surface area contributed by atoms with Gasteiger partial charge in [0.25, 0.3) is 0 Å². The van der Waals surface area contributed by atoms with Crippen molar-refractivity contribution in [1.82, 2.24) is 15.3 Å². The number of nitrogens with zero attached hydrogens (tertiary/aromatic N) is 1. The van der Waals surface area contributed by atoms with Gasteiger partial charge in [-0.1, -0.05) is 0 Å². The van der Waals surface area contributed by atoms with Gasteiger partial charge in [0.05, 0.1) is 11.9 Å². The van der Waals surface area contributed by atoms with Crippen molar-refractivity contribution in [2.75, 3.05) is 0 Å². The normalized spacial score (nSPS) is 16.4. The molecule has 5 nitrogen and oxygen atoms in total. The molecule has 1 aromatic heterocycles. The molecular weight excluding hydrogens is 261 g/mol. The van der Waals surface area contributed by atoms with Crippen LogP contribution in [0.5, 0.6) is 0 Å². The van der Waals surface area contributed by atoms with Crippen molar-refractivity contribution >= 4 is 6.09 Å². The topological polar surface area (TPSA) is 78.0 Å². The summed E-state index contributed by atoms with van der Waals surface area (Å²) in [5.74, 6) is 0.321. The first-order valence-electron chi connectivity index (χ1n) is 6.42. The van der Waals surface area contributed by atoms with Crippen LogP contribution in [0.3, 0.4) is 0 Å². The first-order valence-corrected chi connectivity index (χ1v) is 6.42. The van der Waals surface area contributed by atoms with E-state index in [0.717, 1.165) is 30.5 Å². The Morgan fingerprint density at radius 1 is 1.35 bits per heavy atom. The quantitative estimate of drug-likeness (QED) is 0.806. The molecule has 0 spiro atoms. The highest BCUT2D eigenvalue weighted by Gasteiger charge is 2.42. The van der Waals surface area contributed by atoms with Crippen LogP contribution in [0.25, 0.3) is 11.3 Å². The number of H-pyrrole nitrogens is 1. The molecule has 1 aliphatic rings. The summed E-state index contributed by atoms with van der Waals surface area (Å²) < 4.78 is 12.9. The fourth-order valence-corrected chi connectivity index (χ4v) is 2.50. The van der Waals surface area contributed by atoms with E-state index in [2.05, 4.69) is 15.3 Å². The third-order valence-corrected chi connectivity index (χ3v) is 3.74. The summed E-state index contributed by atoms with van der Waals surface area (Å²) in [5.41, 5.74) is 0.956. The van der Waals surface area contributed by atoms with Crippen molar-refractivity contribution < 1.29 is 14.3 Å². The second-order valence-corrected chi connectivity index (χ2v) is 5.02. The molecule has 3 rings (SSSR count). The first kappa shape index (κ1) is 12.7. The monoisotopic (exact) mass is 275 g/mol. The van der Waals surface area contributed by atoms with Crippen molar-refractivity contribution in [1.29, 1.82) is 0 Å². The number of halogens is 1. The van der Waals surface area contributed by atoms with Crippen LogP contribution in [0, 0.1) is 5.82 Å². The van der Waals surface area contributed by atoms with E-state index >= 15 is 0 Å². The maximum atomic E-state index is 12.9. The molecule has 1 saturated carbocycles. The number of aromatic nitrogens is 2. The highest BCUT2D eigenvalue weighted by molar-refractivity contribution is 5.66. The van der Waals surface area contributed by atoms with Crippen LogP contribution in [0.15, 0.2) is 30.5 Å². The number of carboxylic acid groups (broad SMARTS) is 1. The highest BCUT2D eigenvalue weighted by Crippen LogP contribution is 2.40. The minimum absolute atomic E-state index is 0.295. The van der Waals surface area contributed by atoms with Crippen LogP contribution < -0.4 is 5.32 Å². The van der Waals surface area contributed by atoms with Gasteiger partial charge in [0.15, 0.2) is 0 Å². The van der Waals surface area contributed by atoms with Gasteiger partial charge in [-0.15, -0.1) is 0 Å². The molecule has 2 aromatic rings. The largest absolute Gasteiger partial charge is 0.465 e. The Kier molecular flexibility index (Phi) is 2.93. The number of hydrogen-bond donors (Lipinski definition) is 3. The Hall–Kier alpha value is -2.37. The fraction of sp³-hybridized carbons (Fsp3) is 0.286. The van der Waals surface area contributed by atoms with Gasteiger partial charge in [-0.05, 0) is 49.1 Å². The van der Waals surface area contributed by atoms with Crippen molar-refractivity contribution in [3.8, 4) is 11.3 Å². The molecule has 6 heteroatoms. The zero-order chi connectivity index (χ0) is 14.2. The lowest BCUT2D eigenvalue weighted by Gasteiger charge is -2.39. The Bertz CT molecular complexity index is 632. The van der Waals surface area contributed by atoms with Gasteiger partial charge in [-0.25, -0.2) is 14.2 Å². The number of imidazole rings is 1. The van der Waals surface area contributed by atoms with Crippen LogP contribution in [-0.4, -0.2) is 21.2 Å². The average Bonchev–Trinajstić information content (AvgIpc) is 2.84. The first-order chi connectivity index (χ1) is 9.59. The summed E-state index contributed by atoms with van der Waals surface area (Å²) in [6.07, 6.45) is 3.02. The summed E-state index contributed by atoms with van der Waals surface area (Å²) in [7, 11) is 0. The van der Waals surface area contributed by atoms with E-state index in [-0.39, 0.29) is 5.82 Å². The Labute approximate surface area is 114 Å². The Morgan fingerprint density at radius 2 is 2.05 bits per heavy atom. The van der Waals surface area contributed by atoms with Crippen LogP contribution >= 0.6 is 0 Å². The maximum Gasteiger partial charge on any atom is 0.405 e. The fourth-order valence-electron chi connectivity index (χ4n) is 2.50. The molecule has 0 unspecified atom stereocenters. The van der Waals surface area contributed by atoms with Crippen molar-refractivity contribution in [2.24, 2.45) is 0 Å². The van der Waals surface area contributed by atoms with Crippen LogP contribution in [0.2, 0.25) is 0 Å². The van der Waals surface area contributed by atoms with E-state index in [0.29, 0.717) is 5.82 Å². The van der Waals surface area contributed by atoms with E-state index in [1.54, 1.807) is 18.3 Å². The lowest BCUT2D eigenvalue weighted by Crippen LogP contribution is -2.51. The molecule has 0 bridgehead atoms. The van der Waals surface area contributed by atoms with E-state index in [4.69, 9.17) is 5.11 Å². The van der Waals surface area contributed by atoms with Crippen molar-refractivity contribution in [3.05, 3.63) is 42.1 Å². The second kappa shape index (κ2) is 4.63. The molecule has 0 radical (unpaired) electrons. The number of nitrogens with one attached hydrogen (secondary N) is 2. The zero-order valence-electron chi connectivity index (χ0n) is 10.7. The highest BCUT2D eigenvalue weighted by atomic mass is 19.1.